The quantitative estimate of drug-likeness (QED) is 0.692. The average Bonchev–Trinajstić information content (AvgIpc) is 2.34. The molecule has 0 unspecified atom stereocenters. The Labute approximate surface area is 116 Å². The number of hydrogen-bond acceptors (Lipinski definition) is 3. The van der Waals surface area contributed by atoms with Crippen molar-refractivity contribution < 1.29 is 9.53 Å². The zero-order valence-electron chi connectivity index (χ0n) is 12.3. The van der Waals surface area contributed by atoms with E-state index >= 15 is 0 Å². The van der Waals surface area contributed by atoms with E-state index in [0.29, 0.717) is 11.8 Å². The molecule has 108 valence electrons. The van der Waals surface area contributed by atoms with Crippen LogP contribution in [0.25, 0.3) is 0 Å². The minimum absolute atomic E-state index is 0.106. The van der Waals surface area contributed by atoms with Crippen molar-refractivity contribution in [1.82, 2.24) is 4.90 Å². The molecule has 0 aromatic heterocycles. The van der Waals surface area contributed by atoms with E-state index in [0.717, 1.165) is 37.7 Å². The van der Waals surface area contributed by atoms with Gasteiger partial charge in [0.1, 0.15) is 5.60 Å². The van der Waals surface area contributed by atoms with Gasteiger partial charge in [-0.25, -0.2) is 0 Å². The van der Waals surface area contributed by atoms with Crippen LogP contribution in [0.2, 0.25) is 0 Å². The molecule has 0 heterocycles. The van der Waals surface area contributed by atoms with Crippen LogP contribution in [0.5, 0.6) is 0 Å². The Hall–Kier alpha value is -0.570. The molecule has 0 amide bonds. The standard InChI is InChI=1S/C16H27NO2/c1-17(2)5-3-4-16(19-11-18)14-7-12-6-13(9-14)10-15(16)8-12/h11-15H,3-10H2,1-2H3. The van der Waals surface area contributed by atoms with E-state index in [1.807, 2.05) is 0 Å². The summed E-state index contributed by atoms with van der Waals surface area (Å²) in [6.07, 6.45) is 8.89. The van der Waals surface area contributed by atoms with Crippen LogP contribution < -0.4 is 0 Å². The zero-order valence-corrected chi connectivity index (χ0v) is 12.3. The molecular weight excluding hydrogens is 238 g/mol. The summed E-state index contributed by atoms with van der Waals surface area (Å²) in [7, 11) is 4.23. The zero-order chi connectivity index (χ0) is 13.5. The lowest BCUT2D eigenvalue weighted by atomic mass is 9.49. The molecule has 4 rings (SSSR count). The normalized spacial score (nSPS) is 43.7. The second-order valence-corrected chi connectivity index (χ2v) is 7.38. The molecule has 4 aliphatic rings. The molecule has 0 N–H and O–H groups in total. The van der Waals surface area contributed by atoms with Crippen LogP contribution >= 0.6 is 0 Å². The third-order valence-electron chi connectivity index (χ3n) is 5.96. The summed E-state index contributed by atoms with van der Waals surface area (Å²) in [5.41, 5.74) is -0.106. The smallest absolute Gasteiger partial charge is 0.293 e. The van der Waals surface area contributed by atoms with Crippen molar-refractivity contribution >= 4 is 6.47 Å². The molecule has 0 radical (unpaired) electrons. The van der Waals surface area contributed by atoms with Gasteiger partial charge in [-0.2, -0.15) is 0 Å². The largest absolute Gasteiger partial charge is 0.461 e. The molecule has 19 heavy (non-hydrogen) atoms. The van der Waals surface area contributed by atoms with E-state index in [4.69, 9.17) is 4.74 Å². The molecule has 3 heteroatoms. The monoisotopic (exact) mass is 265 g/mol. The van der Waals surface area contributed by atoms with Gasteiger partial charge in [0.15, 0.2) is 0 Å². The second kappa shape index (κ2) is 5.08. The van der Waals surface area contributed by atoms with Gasteiger partial charge in [-0.3, -0.25) is 4.79 Å². The van der Waals surface area contributed by atoms with Crippen molar-refractivity contribution in [2.45, 2.75) is 50.5 Å². The summed E-state index contributed by atoms with van der Waals surface area (Å²) in [6.45, 7) is 1.83. The summed E-state index contributed by atoms with van der Waals surface area (Å²) >= 11 is 0. The van der Waals surface area contributed by atoms with Crippen LogP contribution in [0.4, 0.5) is 0 Å². The van der Waals surface area contributed by atoms with Crippen molar-refractivity contribution in [3.05, 3.63) is 0 Å². The lowest BCUT2D eigenvalue weighted by Crippen LogP contribution is -2.59. The van der Waals surface area contributed by atoms with Crippen molar-refractivity contribution in [2.75, 3.05) is 20.6 Å². The molecule has 4 fully saturated rings. The van der Waals surface area contributed by atoms with Gasteiger partial charge in [0.25, 0.3) is 6.47 Å². The Morgan fingerprint density at radius 2 is 1.68 bits per heavy atom. The van der Waals surface area contributed by atoms with Crippen LogP contribution in [0.1, 0.15) is 44.9 Å². The van der Waals surface area contributed by atoms with Crippen molar-refractivity contribution in [2.24, 2.45) is 23.7 Å². The molecule has 0 atom stereocenters. The van der Waals surface area contributed by atoms with Crippen LogP contribution in [-0.2, 0) is 9.53 Å². The van der Waals surface area contributed by atoms with Crippen LogP contribution in [0.3, 0.4) is 0 Å². The highest BCUT2D eigenvalue weighted by Gasteiger charge is 2.58. The topological polar surface area (TPSA) is 29.5 Å². The van der Waals surface area contributed by atoms with E-state index in [9.17, 15) is 4.79 Å². The maximum atomic E-state index is 11.1. The van der Waals surface area contributed by atoms with Gasteiger partial charge in [0, 0.05) is 0 Å². The Balaban J connectivity index is 1.74. The first-order chi connectivity index (χ1) is 9.14. The molecular formula is C16H27NO2. The molecule has 0 aromatic rings. The summed E-state index contributed by atoms with van der Waals surface area (Å²) in [5, 5.41) is 0. The molecule has 3 nitrogen and oxygen atoms in total. The van der Waals surface area contributed by atoms with Gasteiger partial charge < -0.3 is 9.64 Å². The number of nitrogens with zero attached hydrogens (tertiary/aromatic N) is 1. The first kappa shape index (κ1) is 13.4. The first-order valence-corrected chi connectivity index (χ1v) is 7.90. The Morgan fingerprint density at radius 3 is 2.16 bits per heavy atom. The van der Waals surface area contributed by atoms with E-state index in [1.54, 1.807) is 0 Å². The molecule has 0 aliphatic heterocycles. The van der Waals surface area contributed by atoms with E-state index in [2.05, 4.69) is 19.0 Å². The van der Waals surface area contributed by atoms with E-state index < -0.39 is 0 Å². The van der Waals surface area contributed by atoms with Crippen LogP contribution in [0.15, 0.2) is 0 Å². The fourth-order valence-corrected chi connectivity index (χ4v) is 5.40. The predicted molar refractivity (Wildman–Crippen MR) is 74.7 cm³/mol. The van der Waals surface area contributed by atoms with Crippen molar-refractivity contribution in [3.8, 4) is 0 Å². The third-order valence-corrected chi connectivity index (χ3v) is 5.96. The number of rotatable bonds is 6. The Bertz CT molecular complexity index is 312. The van der Waals surface area contributed by atoms with Gasteiger partial charge >= 0.3 is 0 Å². The van der Waals surface area contributed by atoms with Gasteiger partial charge in [-0.15, -0.1) is 0 Å². The summed E-state index contributed by atoms with van der Waals surface area (Å²) in [6, 6.07) is 0. The highest BCUT2D eigenvalue weighted by Crippen LogP contribution is 2.60. The van der Waals surface area contributed by atoms with Gasteiger partial charge in [0.05, 0.1) is 0 Å². The Kier molecular flexibility index (Phi) is 3.59. The highest BCUT2D eigenvalue weighted by molar-refractivity contribution is 5.39. The average molecular weight is 265 g/mol. The molecule has 0 spiro atoms. The number of hydrogen-bond donors (Lipinski definition) is 0. The molecule has 0 saturated heterocycles. The third kappa shape index (κ3) is 2.31. The number of carbonyl (C=O) groups is 1. The van der Waals surface area contributed by atoms with E-state index in [-0.39, 0.29) is 5.60 Å². The van der Waals surface area contributed by atoms with Gasteiger partial charge in [0.2, 0.25) is 0 Å². The summed E-state index contributed by atoms with van der Waals surface area (Å²) < 4.78 is 5.79. The lowest BCUT2D eigenvalue weighted by molar-refractivity contribution is -0.201. The summed E-state index contributed by atoms with van der Waals surface area (Å²) in [4.78, 5) is 13.3. The second-order valence-electron chi connectivity index (χ2n) is 7.38. The van der Waals surface area contributed by atoms with E-state index in [1.165, 1.54) is 32.1 Å². The number of carbonyl (C=O) groups excluding carboxylic acids is 1. The maximum absolute atomic E-state index is 11.1. The molecule has 4 saturated carbocycles. The lowest BCUT2D eigenvalue weighted by Gasteiger charge is -2.60. The minimum Gasteiger partial charge on any atom is -0.461 e. The highest BCUT2D eigenvalue weighted by atomic mass is 16.5. The molecule has 0 aromatic carbocycles. The van der Waals surface area contributed by atoms with Crippen molar-refractivity contribution in [1.29, 1.82) is 0 Å². The van der Waals surface area contributed by atoms with Crippen LogP contribution in [-0.4, -0.2) is 37.6 Å². The van der Waals surface area contributed by atoms with Crippen LogP contribution in [0, 0.1) is 23.7 Å². The van der Waals surface area contributed by atoms with Gasteiger partial charge in [-0.05, 0) is 89.3 Å². The number of ether oxygens (including phenoxy) is 1. The maximum Gasteiger partial charge on any atom is 0.293 e. The van der Waals surface area contributed by atoms with Crippen molar-refractivity contribution in [3.63, 3.8) is 0 Å². The van der Waals surface area contributed by atoms with Gasteiger partial charge in [-0.1, -0.05) is 0 Å². The molecule has 4 aliphatic carbocycles. The predicted octanol–water partition coefficient (Wildman–Crippen LogP) is 2.70. The summed E-state index contributed by atoms with van der Waals surface area (Å²) in [5.74, 6) is 3.16. The SMILES string of the molecule is CN(C)CCCC1(OC=O)C2CC3CC(C2)CC1C3. The fourth-order valence-electron chi connectivity index (χ4n) is 5.40. The first-order valence-electron chi connectivity index (χ1n) is 7.90. The Morgan fingerprint density at radius 1 is 1.11 bits per heavy atom. The molecule has 4 bridgehead atoms. The minimum atomic E-state index is -0.106. The fraction of sp³-hybridized carbons (Fsp3) is 0.938.